The number of amides is 1. The minimum absolute atomic E-state index is 0.241. The normalized spacial score (nSPS) is 10.6. The number of thiazole rings is 1. The second-order valence-corrected chi connectivity index (χ2v) is 7.48. The number of fused-ring (bicyclic) bond motifs is 1. The zero-order valence-electron chi connectivity index (χ0n) is 16.5. The summed E-state index contributed by atoms with van der Waals surface area (Å²) in [7, 11) is 3.17. The molecule has 4 rings (SSSR count). The first-order valence-corrected chi connectivity index (χ1v) is 10.1. The number of rotatable bonds is 7. The van der Waals surface area contributed by atoms with Crippen molar-refractivity contribution in [2.75, 3.05) is 19.5 Å². The van der Waals surface area contributed by atoms with Crippen LogP contribution in [0.5, 0.6) is 17.2 Å². The molecule has 0 saturated carbocycles. The molecule has 0 aliphatic rings. The number of carbonyl (C=O) groups is 1. The second kappa shape index (κ2) is 8.84. The zero-order chi connectivity index (χ0) is 20.9. The molecule has 0 fully saturated rings. The summed E-state index contributed by atoms with van der Waals surface area (Å²) in [5.41, 5.74) is 2.29. The summed E-state index contributed by atoms with van der Waals surface area (Å²) in [5, 5.41) is 3.34. The van der Waals surface area contributed by atoms with E-state index in [0.717, 1.165) is 10.3 Å². The third kappa shape index (κ3) is 4.36. The summed E-state index contributed by atoms with van der Waals surface area (Å²) >= 11 is 1.36. The number of nitrogens with one attached hydrogen (secondary N) is 1. The number of carbonyl (C=O) groups excluding carboxylic acids is 1. The molecule has 3 aromatic carbocycles. The van der Waals surface area contributed by atoms with Crippen LogP contribution in [0.1, 0.15) is 15.9 Å². The minimum atomic E-state index is -0.241. The Morgan fingerprint density at radius 3 is 2.43 bits per heavy atom. The summed E-state index contributed by atoms with van der Waals surface area (Å²) < 4.78 is 17.3. The van der Waals surface area contributed by atoms with Crippen molar-refractivity contribution in [3.8, 4) is 17.2 Å². The van der Waals surface area contributed by atoms with Gasteiger partial charge in [-0.25, -0.2) is 4.98 Å². The van der Waals surface area contributed by atoms with Gasteiger partial charge in [-0.1, -0.05) is 41.7 Å². The standard InChI is InChI=1S/C23H20N2O4S/c1-27-18-12-19(28-2)21-20(13-18)30-23(24-21)25-22(26)16-8-10-17(11-9-16)29-14-15-6-4-3-5-7-15/h3-13H,14H2,1-2H3,(H,24,25,26). The van der Waals surface area contributed by atoms with E-state index in [0.29, 0.717) is 40.1 Å². The van der Waals surface area contributed by atoms with Gasteiger partial charge in [-0.2, -0.15) is 0 Å². The molecule has 1 N–H and O–H groups in total. The number of methoxy groups -OCH3 is 2. The molecule has 1 amide bonds. The number of hydrogen-bond acceptors (Lipinski definition) is 6. The molecule has 7 heteroatoms. The van der Waals surface area contributed by atoms with Crippen LogP contribution in [0.4, 0.5) is 5.13 Å². The van der Waals surface area contributed by atoms with Gasteiger partial charge in [0.1, 0.15) is 29.4 Å². The Morgan fingerprint density at radius 2 is 1.73 bits per heavy atom. The highest BCUT2D eigenvalue weighted by molar-refractivity contribution is 7.22. The van der Waals surface area contributed by atoms with E-state index in [2.05, 4.69) is 10.3 Å². The lowest BCUT2D eigenvalue weighted by atomic mass is 10.2. The van der Waals surface area contributed by atoms with E-state index in [9.17, 15) is 4.79 Å². The molecule has 0 aliphatic heterocycles. The van der Waals surface area contributed by atoms with Crippen molar-refractivity contribution >= 4 is 32.6 Å². The predicted molar refractivity (Wildman–Crippen MR) is 118 cm³/mol. The Hall–Kier alpha value is -3.58. The average Bonchev–Trinajstić information content (AvgIpc) is 3.20. The van der Waals surface area contributed by atoms with Crippen molar-refractivity contribution in [3.63, 3.8) is 0 Å². The van der Waals surface area contributed by atoms with Crippen LogP contribution >= 0.6 is 11.3 Å². The first-order chi connectivity index (χ1) is 14.7. The minimum Gasteiger partial charge on any atom is -0.497 e. The van der Waals surface area contributed by atoms with E-state index in [1.807, 2.05) is 36.4 Å². The van der Waals surface area contributed by atoms with Crippen molar-refractivity contribution in [2.45, 2.75) is 6.61 Å². The van der Waals surface area contributed by atoms with Gasteiger partial charge in [0.25, 0.3) is 5.91 Å². The van der Waals surface area contributed by atoms with Gasteiger partial charge in [0.05, 0.1) is 18.9 Å². The second-order valence-electron chi connectivity index (χ2n) is 6.45. The van der Waals surface area contributed by atoms with Crippen LogP contribution in [0.3, 0.4) is 0 Å². The smallest absolute Gasteiger partial charge is 0.257 e. The molecule has 1 aromatic heterocycles. The lowest BCUT2D eigenvalue weighted by Gasteiger charge is -2.07. The maximum Gasteiger partial charge on any atom is 0.257 e. The molecule has 0 atom stereocenters. The van der Waals surface area contributed by atoms with E-state index in [-0.39, 0.29) is 5.91 Å². The van der Waals surface area contributed by atoms with E-state index in [1.54, 1.807) is 44.6 Å². The Bertz CT molecular complexity index is 1160. The summed E-state index contributed by atoms with van der Waals surface area (Å²) in [6.07, 6.45) is 0. The van der Waals surface area contributed by atoms with Crippen LogP contribution in [0.2, 0.25) is 0 Å². The van der Waals surface area contributed by atoms with Gasteiger partial charge in [0.15, 0.2) is 5.13 Å². The number of ether oxygens (including phenoxy) is 3. The third-order valence-corrected chi connectivity index (χ3v) is 5.39. The fourth-order valence-electron chi connectivity index (χ4n) is 2.91. The highest BCUT2D eigenvalue weighted by Crippen LogP contribution is 2.36. The van der Waals surface area contributed by atoms with E-state index < -0.39 is 0 Å². The molecule has 0 radical (unpaired) electrons. The van der Waals surface area contributed by atoms with Gasteiger partial charge >= 0.3 is 0 Å². The van der Waals surface area contributed by atoms with Crippen LogP contribution in [0.25, 0.3) is 10.2 Å². The number of aromatic nitrogens is 1. The van der Waals surface area contributed by atoms with Crippen molar-refractivity contribution in [1.82, 2.24) is 4.98 Å². The lowest BCUT2D eigenvalue weighted by Crippen LogP contribution is -2.11. The van der Waals surface area contributed by atoms with E-state index >= 15 is 0 Å². The Kier molecular flexibility index (Phi) is 5.81. The summed E-state index contributed by atoms with van der Waals surface area (Å²) in [6.45, 7) is 0.476. The van der Waals surface area contributed by atoms with Crippen LogP contribution in [0, 0.1) is 0 Å². The van der Waals surface area contributed by atoms with Gasteiger partial charge < -0.3 is 14.2 Å². The highest BCUT2D eigenvalue weighted by Gasteiger charge is 2.14. The molecule has 6 nitrogen and oxygen atoms in total. The summed E-state index contributed by atoms with van der Waals surface area (Å²) in [4.78, 5) is 17.1. The third-order valence-electron chi connectivity index (χ3n) is 4.47. The quantitative estimate of drug-likeness (QED) is 0.448. The Balaban J connectivity index is 1.44. The molecule has 0 saturated heterocycles. The number of benzene rings is 3. The SMILES string of the molecule is COc1cc(OC)c2nc(NC(=O)c3ccc(OCc4ccccc4)cc3)sc2c1. The molecular formula is C23H20N2O4S. The first kappa shape index (κ1) is 19.7. The lowest BCUT2D eigenvalue weighted by molar-refractivity contribution is 0.102. The highest BCUT2D eigenvalue weighted by atomic mass is 32.1. The molecule has 0 aliphatic carbocycles. The molecule has 4 aromatic rings. The van der Waals surface area contributed by atoms with E-state index in [1.165, 1.54) is 11.3 Å². The summed E-state index contributed by atoms with van der Waals surface area (Å²) in [5.74, 6) is 1.73. The monoisotopic (exact) mass is 420 g/mol. The maximum absolute atomic E-state index is 12.6. The van der Waals surface area contributed by atoms with Gasteiger partial charge in [-0.3, -0.25) is 10.1 Å². The molecule has 152 valence electrons. The van der Waals surface area contributed by atoms with Gasteiger partial charge in [-0.15, -0.1) is 0 Å². The van der Waals surface area contributed by atoms with Crippen LogP contribution in [0.15, 0.2) is 66.7 Å². The van der Waals surface area contributed by atoms with Crippen molar-refractivity contribution in [1.29, 1.82) is 0 Å². The number of nitrogens with zero attached hydrogens (tertiary/aromatic N) is 1. The van der Waals surface area contributed by atoms with Crippen molar-refractivity contribution < 1.29 is 19.0 Å². The predicted octanol–water partition coefficient (Wildman–Crippen LogP) is 5.14. The van der Waals surface area contributed by atoms with Crippen LogP contribution in [-0.2, 0) is 6.61 Å². The number of hydrogen-bond donors (Lipinski definition) is 1. The molecule has 1 heterocycles. The molecule has 30 heavy (non-hydrogen) atoms. The fourth-order valence-corrected chi connectivity index (χ4v) is 3.82. The van der Waals surface area contributed by atoms with Gasteiger partial charge in [-0.05, 0) is 35.9 Å². The van der Waals surface area contributed by atoms with Crippen molar-refractivity contribution in [2.24, 2.45) is 0 Å². The molecule has 0 unspecified atom stereocenters. The molecular weight excluding hydrogens is 400 g/mol. The largest absolute Gasteiger partial charge is 0.497 e. The Morgan fingerprint density at radius 1 is 0.967 bits per heavy atom. The van der Waals surface area contributed by atoms with Crippen LogP contribution in [-0.4, -0.2) is 25.1 Å². The van der Waals surface area contributed by atoms with E-state index in [4.69, 9.17) is 14.2 Å². The zero-order valence-corrected chi connectivity index (χ0v) is 17.4. The first-order valence-electron chi connectivity index (χ1n) is 9.27. The Labute approximate surface area is 178 Å². The maximum atomic E-state index is 12.6. The number of anilines is 1. The average molecular weight is 420 g/mol. The molecule has 0 bridgehead atoms. The molecule has 0 spiro atoms. The fraction of sp³-hybridized carbons (Fsp3) is 0.130. The van der Waals surface area contributed by atoms with Crippen molar-refractivity contribution in [3.05, 3.63) is 77.9 Å². The topological polar surface area (TPSA) is 69.7 Å². The van der Waals surface area contributed by atoms with Crippen LogP contribution < -0.4 is 19.5 Å². The van der Waals surface area contributed by atoms with Gasteiger partial charge in [0.2, 0.25) is 0 Å². The van der Waals surface area contributed by atoms with Gasteiger partial charge in [0, 0.05) is 11.6 Å². The summed E-state index contributed by atoms with van der Waals surface area (Å²) in [6, 6.07) is 20.6.